The lowest BCUT2D eigenvalue weighted by atomic mass is 10.1. The van der Waals surface area contributed by atoms with Crippen molar-refractivity contribution >= 4 is 0 Å². The molecule has 0 saturated carbocycles. The fourth-order valence-corrected chi connectivity index (χ4v) is 2.10. The summed E-state index contributed by atoms with van der Waals surface area (Å²) in [5.41, 5.74) is 0.987. The molecule has 0 amide bonds. The zero-order valence-electron chi connectivity index (χ0n) is 13.6. The van der Waals surface area contributed by atoms with Crippen LogP contribution in [-0.2, 0) is 17.8 Å². The number of nitrogens with zero attached hydrogens (tertiary/aromatic N) is 3. The van der Waals surface area contributed by atoms with E-state index in [1.165, 1.54) is 0 Å². The number of aromatic nitrogens is 3. The molecule has 0 fully saturated rings. The Hall–Kier alpha value is -0.940. The van der Waals surface area contributed by atoms with Crippen LogP contribution >= 0.6 is 0 Å². The second kappa shape index (κ2) is 9.08. The van der Waals surface area contributed by atoms with E-state index in [9.17, 15) is 0 Å². The number of hydrogen-bond acceptors (Lipinski definition) is 4. The van der Waals surface area contributed by atoms with Crippen molar-refractivity contribution in [3.63, 3.8) is 0 Å². The van der Waals surface area contributed by atoms with Gasteiger partial charge in [-0.3, -0.25) is 0 Å². The van der Waals surface area contributed by atoms with Crippen LogP contribution in [0.5, 0.6) is 0 Å². The predicted octanol–water partition coefficient (Wildman–Crippen LogP) is 2.47. The van der Waals surface area contributed by atoms with Gasteiger partial charge in [-0.15, -0.1) is 5.10 Å². The van der Waals surface area contributed by atoms with Crippen LogP contribution in [-0.4, -0.2) is 34.2 Å². The molecule has 0 bridgehead atoms. The normalized spacial score (nSPS) is 13.3. The van der Waals surface area contributed by atoms with Crippen LogP contribution in [0.15, 0.2) is 6.20 Å². The van der Waals surface area contributed by atoms with Crippen LogP contribution < -0.4 is 5.32 Å². The Morgan fingerprint density at radius 1 is 1.20 bits per heavy atom. The first-order valence-corrected chi connectivity index (χ1v) is 7.68. The summed E-state index contributed by atoms with van der Waals surface area (Å²) in [6, 6.07) is 0. The highest BCUT2D eigenvalue weighted by atomic mass is 16.5. The van der Waals surface area contributed by atoms with Crippen LogP contribution in [0.4, 0.5) is 0 Å². The first kappa shape index (κ1) is 17.1. The Balaban J connectivity index is 2.20. The summed E-state index contributed by atoms with van der Waals surface area (Å²) in [6.07, 6.45) is 3.40. The van der Waals surface area contributed by atoms with E-state index >= 15 is 0 Å². The molecular formula is C15H30N4O. The molecule has 0 aliphatic heterocycles. The minimum atomic E-state index is 0.311. The highest BCUT2D eigenvalue weighted by Gasteiger charge is 2.06. The highest BCUT2D eigenvalue weighted by molar-refractivity contribution is 4.91. The molecule has 1 rings (SSSR count). The molecule has 5 nitrogen and oxygen atoms in total. The van der Waals surface area contributed by atoms with E-state index in [0.717, 1.165) is 31.7 Å². The summed E-state index contributed by atoms with van der Waals surface area (Å²) in [5.74, 6) is 1.33. The molecule has 116 valence electrons. The fraction of sp³-hybridized carbons (Fsp3) is 0.867. The van der Waals surface area contributed by atoms with Gasteiger partial charge < -0.3 is 10.1 Å². The average molecular weight is 282 g/mol. The van der Waals surface area contributed by atoms with Gasteiger partial charge in [0.1, 0.15) is 0 Å². The Kier molecular flexibility index (Phi) is 7.77. The lowest BCUT2D eigenvalue weighted by Gasteiger charge is -2.14. The van der Waals surface area contributed by atoms with Gasteiger partial charge in [-0.25, -0.2) is 4.68 Å². The summed E-state index contributed by atoms with van der Waals surface area (Å²) >= 11 is 0. The van der Waals surface area contributed by atoms with Crippen LogP contribution in [0.1, 0.15) is 46.7 Å². The van der Waals surface area contributed by atoms with Crippen molar-refractivity contribution in [2.45, 2.75) is 60.2 Å². The van der Waals surface area contributed by atoms with Gasteiger partial charge in [0.05, 0.1) is 24.9 Å². The number of ether oxygens (including phenoxy) is 1. The fourth-order valence-electron chi connectivity index (χ4n) is 2.10. The topological polar surface area (TPSA) is 52.0 Å². The first-order chi connectivity index (χ1) is 9.47. The smallest absolute Gasteiger partial charge is 0.0964 e. The second-order valence-electron chi connectivity index (χ2n) is 6.31. The molecule has 5 heteroatoms. The van der Waals surface area contributed by atoms with E-state index < -0.39 is 0 Å². The molecule has 0 aromatic carbocycles. The molecule has 1 aromatic rings. The second-order valence-corrected chi connectivity index (χ2v) is 6.31. The van der Waals surface area contributed by atoms with Gasteiger partial charge >= 0.3 is 0 Å². The molecule has 0 aliphatic carbocycles. The summed E-state index contributed by atoms with van der Waals surface area (Å²) in [5, 5.41) is 11.6. The molecule has 0 aliphatic rings. The zero-order valence-corrected chi connectivity index (χ0v) is 13.6. The summed E-state index contributed by atoms with van der Waals surface area (Å²) in [7, 11) is 0. The van der Waals surface area contributed by atoms with E-state index in [0.29, 0.717) is 24.5 Å². The molecular weight excluding hydrogens is 252 g/mol. The zero-order chi connectivity index (χ0) is 15.0. The highest BCUT2D eigenvalue weighted by Crippen LogP contribution is 2.07. The quantitative estimate of drug-likeness (QED) is 0.716. The number of rotatable bonds is 10. The Labute approximate surface area is 123 Å². The third-order valence-electron chi connectivity index (χ3n) is 2.97. The molecule has 0 radical (unpaired) electrons. The Morgan fingerprint density at radius 2 is 1.95 bits per heavy atom. The van der Waals surface area contributed by atoms with Gasteiger partial charge in [0, 0.05) is 12.7 Å². The minimum absolute atomic E-state index is 0.311. The van der Waals surface area contributed by atoms with Gasteiger partial charge in [0.15, 0.2) is 0 Å². The number of hydrogen-bond donors (Lipinski definition) is 1. The van der Waals surface area contributed by atoms with Crippen LogP contribution in [0.25, 0.3) is 0 Å². The van der Waals surface area contributed by atoms with Crippen molar-refractivity contribution < 1.29 is 4.74 Å². The van der Waals surface area contributed by atoms with Crippen molar-refractivity contribution in [1.29, 1.82) is 0 Å². The van der Waals surface area contributed by atoms with E-state index in [1.54, 1.807) is 0 Å². The van der Waals surface area contributed by atoms with Gasteiger partial charge in [0.25, 0.3) is 0 Å². The van der Waals surface area contributed by atoms with E-state index in [4.69, 9.17) is 4.74 Å². The number of nitrogens with one attached hydrogen (secondary N) is 1. The third-order valence-corrected chi connectivity index (χ3v) is 2.97. The van der Waals surface area contributed by atoms with Gasteiger partial charge in [0.2, 0.25) is 0 Å². The molecule has 1 N–H and O–H groups in total. The van der Waals surface area contributed by atoms with Crippen molar-refractivity contribution in [2.24, 2.45) is 11.8 Å². The third kappa shape index (κ3) is 7.60. The largest absolute Gasteiger partial charge is 0.377 e. The van der Waals surface area contributed by atoms with Crippen LogP contribution in [0, 0.1) is 11.8 Å². The maximum absolute atomic E-state index is 5.77. The predicted molar refractivity (Wildman–Crippen MR) is 81.4 cm³/mol. The van der Waals surface area contributed by atoms with E-state index in [1.807, 2.05) is 10.9 Å². The van der Waals surface area contributed by atoms with Crippen molar-refractivity contribution in [1.82, 2.24) is 20.3 Å². The summed E-state index contributed by atoms with van der Waals surface area (Å²) < 4.78 is 7.63. The average Bonchev–Trinajstić information content (AvgIpc) is 2.75. The molecule has 0 saturated heterocycles. The molecule has 20 heavy (non-hydrogen) atoms. The summed E-state index contributed by atoms with van der Waals surface area (Å²) in [6.45, 7) is 14.2. The Bertz CT molecular complexity index is 363. The van der Waals surface area contributed by atoms with Gasteiger partial charge in [-0.05, 0) is 31.7 Å². The Morgan fingerprint density at radius 3 is 2.60 bits per heavy atom. The molecule has 0 spiro atoms. The van der Waals surface area contributed by atoms with Crippen molar-refractivity contribution in [3.8, 4) is 0 Å². The SMILES string of the molecule is CC(C)CNCc1cn(CCOC(C)CC(C)C)nn1. The van der Waals surface area contributed by atoms with Crippen molar-refractivity contribution in [3.05, 3.63) is 11.9 Å². The first-order valence-electron chi connectivity index (χ1n) is 7.68. The van der Waals surface area contributed by atoms with E-state index in [-0.39, 0.29) is 0 Å². The molecule has 1 unspecified atom stereocenters. The molecule has 1 atom stereocenters. The van der Waals surface area contributed by atoms with E-state index in [2.05, 4.69) is 50.2 Å². The lowest BCUT2D eigenvalue weighted by Crippen LogP contribution is -2.19. The van der Waals surface area contributed by atoms with Crippen molar-refractivity contribution in [2.75, 3.05) is 13.2 Å². The molecule has 1 aromatic heterocycles. The van der Waals surface area contributed by atoms with Crippen LogP contribution in [0.2, 0.25) is 0 Å². The maximum atomic E-state index is 5.77. The maximum Gasteiger partial charge on any atom is 0.0964 e. The summed E-state index contributed by atoms with van der Waals surface area (Å²) in [4.78, 5) is 0. The lowest BCUT2D eigenvalue weighted by molar-refractivity contribution is 0.0452. The monoisotopic (exact) mass is 282 g/mol. The molecule has 1 heterocycles. The minimum Gasteiger partial charge on any atom is -0.377 e. The van der Waals surface area contributed by atoms with Gasteiger partial charge in [-0.2, -0.15) is 0 Å². The van der Waals surface area contributed by atoms with Gasteiger partial charge in [-0.1, -0.05) is 32.9 Å². The standard InChI is InChI=1S/C15H30N4O/c1-12(2)8-14(5)20-7-6-19-11-15(17-18-19)10-16-9-13(3)4/h11-14,16H,6-10H2,1-5H3. The van der Waals surface area contributed by atoms with Crippen LogP contribution in [0.3, 0.4) is 0 Å².